The van der Waals surface area contributed by atoms with Gasteiger partial charge >= 0.3 is 5.97 Å². The van der Waals surface area contributed by atoms with Crippen LogP contribution in [0.15, 0.2) is 24.3 Å². The van der Waals surface area contributed by atoms with Crippen LogP contribution in [0.4, 0.5) is 5.69 Å². The molecule has 1 heterocycles. The summed E-state index contributed by atoms with van der Waals surface area (Å²) in [6, 6.07) is 9.03. The van der Waals surface area contributed by atoms with Crippen LogP contribution in [-0.4, -0.2) is 23.7 Å². The number of carboxylic acids is 1. The molecule has 1 atom stereocenters. The summed E-state index contributed by atoms with van der Waals surface area (Å²) in [5, 5.41) is 9.13. The summed E-state index contributed by atoms with van der Waals surface area (Å²) in [6.07, 6.45) is 2.73. The highest BCUT2D eigenvalue weighted by Crippen LogP contribution is 2.32. The third-order valence-electron chi connectivity index (χ3n) is 4.13. The highest BCUT2D eigenvalue weighted by atomic mass is 16.4. The van der Waals surface area contributed by atoms with Gasteiger partial charge in [0.2, 0.25) is 0 Å². The van der Waals surface area contributed by atoms with E-state index in [4.69, 9.17) is 5.11 Å². The summed E-state index contributed by atoms with van der Waals surface area (Å²) >= 11 is 0. The van der Waals surface area contributed by atoms with Gasteiger partial charge in [0.25, 0.3) is 0 Å². The average Bonchev–Trinajstić information content (AvgIpc) is 2.65. The normalized spacial score (nSPS) is 18.5. The predicted octanol–water partition coefficient (Wildman–Crippen LogP) is 3.33. The summed E-state index contributed by atoms with van der Waals surface area (Å²) in [5.41, 5.74) is 2.11. The third kappa shape index (κ3) is 2.91. The zero-order chi connectivity index (χ0) is 14.0. The highest BCUT2D eigenvalue weighted by Gasteiger charge is 2.29. The van der Waals surface area contributed by atoms with Crippen LogP contribution in [0.2, 0.25) is 0 Å². The second kappa shape index (κ2) is 5.24. The minimum atomic E-state index is -0.706. The minimum absolute atomic E-state index is 0.519. The average molecular weight is 261 g/mol. The van der Waals surface area contributed by atoms with Crippen molar-refractivity contribution < 1.29 is 9.90 Å². The molecule has 1 aromatic rings. The van der Waals surface area contributed by atoms with Crippen molar-refractivity contribution in [3.8, 4) is 0 Å². The SMILES string of the molecule is CC1Cc2ccccc2N1CCCC(C)(C)C(=O)O. The fourth-order valence-electron chi connectivity index (χ4n) is 2.77. The minimum Gasteiger partial charge on any atom is -0.481 e. The number of nitrogens with zero attached hydrogens (tertiary/aromatic N) is 1. The highest BCUT2D eigenvalue weighted by molar-refractivity contribution is 5.73. The Labute approximate surface area is 115 Å². The van der Waals surface area contributed by atoms with E-state index in [2.05, 4.69) is 36.1 Å². The number of fused-ring (bicyclic) bond motifs is 1. The largest absolute Gasteiger partial charge is 0.481 e. The lowest BCUT2D eigenvalue weighted by atomic mass is 9.88. The summed E-state index contributed by atoms with van der Waals surface area (Å²) in [6.45, 7) is 6.78. The van der Waals surface area contributed by atoms with Gasteiger partial charge in [-0.1, -0.05) is 18.2 Å². The number of aliphatic carboxylic acids is 1. The number of carbonyl (C=O) groups is 1. The Morgan fingerprint density at radius 3 is 2.79 bits per heavy atom. The van der Waals surface area contributed by atoms with Crippen LogP contribution >= 0.6 is 0 Å². The molecule has 0 spiro atoms. The lowest BCUT2D eigenvalue weighted by molar-refractivity contribution is -0.147. The Hall–Kier alpha value is -1.51. The predicted molar refractivity (Wildman–Crippen MR) is 77.6 cm³/mol. The van der Waals surface area contributed by atoms with E-state index >= 15 is 0 Å². The van der Waals surface area contributed by atoms with Crippen LogP contribution in [0.1, 0.15) is 39.2 Å². The van der Waals surface area contributed by atoms with Gasteiger partial charge in [0.1, 0.15) is 0 Å². The van der Waals surface area contributed by atoms with Gasteiger partial charge in [-0.3, -0.25) is 4.79 Å². The van der Waals surface area contributed by atoms with E-state index in [9.17, 15) is 4.79 Å². The molecule has 104 valence electrons. The molecule has 1 aliphatic heterocycles. The number of anilines is 1. The number of para-hydroxylation sites is 1. The molecule has 1 unspecified atom stereocenters. The van der Waals surface area contributed by atoms with Gasteiger partial charge in [0, 0.05) is 18.3 Å². The number of hydrogen-bond acceptors (Lipinski definition) is 2. The lowest BCUT2D eigenvalue weighted by Gasteiger charge is -2.27. The molecule has 0 saturated carbocycles. The smallest absolute Gasteiger partial charge is 0.309 e. The number of benzene rings is 1. The van der Waals surface area contributed by atoms with Gasteiger partial charge in [0.15, 0.2) is 0 Å². The molecule has 3 nitrogen and oxygen atoms in total. The van der Waals surface area contributed by atoms with Gasteiger partial charge in [-0.05, 0) is 51.7 Å². The molecule has 0 fully saturated rings. The number of hydrogen-bond donors (Lipinski definition) is 1. The Kier molecular flexibility index (Phi) is 3.83. The molecular weight excluding hydrogens is 238 g/mol. The summed E-state index contributed by atoms with van der Waals surface area (Å²) < 4.78 is 0. The zero-order valence-electron chi connectivity index (χ0n) is 12.0. The molecule has 2 rings (SSSR count). The maximum Gasteiger partial charge on any atom is 0.309 e. The third-order valence-corrected chi connectivity index (χ3v) is 4.13. The number of rotatable bonds is 5. The van der Waals surface area contributed by atoms with Crippen molar-refractivity contribution in [1.82, 2.24) is 0 Å². The van der Waals surface area contributed by atoms with E-state index in [0.717, 1.165) is 19.4 Å². The molecule has 0 aliphatic carbocycles. The Bertz CT molecular complexity index is 468. The van der Waals surface area contributed by atoms with Gasteiger partial charge < -0.3 is 10.0 Å². The second-order valence-corrected chi connectivity index (χ2v) is 6.17. The van der Waals surface area contributed by atoms with Crippen molar-refractivity contribution >= 4 is 11.7 Å². The Balaban J connectivity index is 1.96. The van der Waals surface area contributed by atoms with Crippen LogP contribution < -0.4 is 4.90 Å². The topological polar surface area (TPSA) is 40.5 Å². The van der Waals surface area contributed by atoms with Crippen molar-refractivity contribution in [1.29, 1.82) is 0 Å². The zero-order valence-corrected chi connectivity index (χ0v) is 12.0. The molecule has 19 heavy (non-hydrogen) atoms. The van der Waals surface area contributed by atoms with Gasteiger partial charge in [-0.25, -0.2) is 0 Å². The van der Waals surface area contributed by atoms with Crippen molar-refractivity contribution in [3.63, 3.8) is 0 Å². The van der Waals surface area contributed by atoms with E-state index in [1.165, 1.54) is 11.3 Å². The van der Waals surface area contributed by atoms with Crippen molar-refractivity contribution in [2.24, 2.45) is 5.41 Å². The van der Waals surface area contributed by atoms with Gasteiger partial charge in [-0.15, -0.1) is 0 Å². The molecule has 0 amide bonds. The molecule has 0 radical (unpaired) electrons. The molecule has 1 aromatic carbocycles. The maximum atomic E-state index is 11.1. The standard InChI is InChI=1S/C16H23NO2/c1-12-11-13-7-4-5-8-14(13)17(12)10-6-9-16(2,3)15(18)19/h4-5,7-8,12H,6,9-11H2,1-3H3,(H,18,19). The molecule has 0 bridgehead atoms. The molecular formula is C16H23NO2. The van der Waals surface area contributed by atoms with E-state index in [0.29, 0.717) is 12.5 Å². The fraction of sp³-hybridized carbons (Fsp3) is 0.562. The molecule has 1 aliphatic rings. The van der Waals surface area contributed by atoms with Crippen molar-refractivity contribution in [2.45, 2.75) is 46.1 Å². The van der Waals surface area contributed by atoms with E-state index < -0.39 is 11.4 Å². The summed E-state index contributed by atoms with van der Waals surface area (Å²) in [5.74, 6) is -0.706. The van der Waals surface area contributed by atoms with Gasteiger partial charge in [0.05, 0.1) is 5.41 Å². The molecule has 1 N–H and O–H groups in total. The van der Waals surface area contributed by atoms with Crippen LogP contribution in [-0.2, 0) is 11.2 Å². The second-order valence-electron chi connectivity index (χ2n) is 6.17. The number of carboxylic acid groups (broad SMARTS) is 1. The summed E-state index contributed by atoms with van der Waals surface area (Å²) in [4.78, 5) is 13.5. The van der Waals surface area contributed by atoms with Crippen molar-refractivity contribution in [3.05, 3.63) is 29.8 Å². The van der Waals surface area contributed by atoms with Crippen LogP contribution in [0.25, 0.3) is 0 Å². The molecule has 3 heteroatoms. The molecule has 0 aromatic heterocycles. The Morgan fingerprint density at radius 2 is 2.11 bits per heavy atom. The van der Waals surface area contributed by atoms with Crippen LogP contribution in [0.3, 0.4) is 0 Å². The first kappa shape index (κ1) is 13.9. The monoisotopic (exact) mass is 261 g/mol. The van der Waals surface area contributed by atoms with E-state index in [1.807, 2.05) is 0 Å². The van der Waals surface area contributed by atoms with Gasteiger partial charge in [-0.2, -0.15) is 0 Å². The van der Waals surface area contributed by atoms with Crippen LogP contribution in [0, 0.1) is 5.41 Å². The Morgan fingerprint density at radius 1 is 1.42 bits per heavy atom. The first-order valence-electron chi connectivity index (χ1n) is 7.00. The van der Waals surface area contributed by atoms with E-state index in [-0.39, 0.29) is 0 Å². The van der Waals surface area contributed by atoms with E-state index in [1.54, 1.807) is 13.8 Å². The summed E-state index contributed by atoms with van der Waals surface area (Å²) in [7, 11) is 0. The van der Waals surface area contributed by atoms with Crippen molar-refractivity contribution in [2.75, 3.05) is 11.4 Å². The molecule has 0 saturated heterocycles. The lowest BCUT2D eigenvalue weighted by Crippen LogP contribution is -2.32. The first-order valence-corrected chi connectivity index (χ1v) is 7.00. The first-order chi connectivity index (χ1) is 8.92. The fourth-order valence-corrected chi connectivity index (χ4v) is 2.77. The van der Waals surface area contributed by atoms with Crippen LogP contribution in [0.5, 0.6) is 0 Å². The maximum absolute atomic E-state index is 11.1. The quantitative estimate of drug-likeness (QED) is 0.884.